The molecule has 5 atom stereocenters. The molecule has 2 aromatic rings. The summed E-state index contributed by atoms with van der Waals surface area (Å²) in [5.74, 6) is -1.59. The van der Waals surface area contributed by atoms with Gasteiger partial charge < -0.3 is 4.90 Å². The Hall–Kier alpha value is -2.73. The van der Waals surface area contributed by atoms with Crippen LogP contribution in [0.1, 0.15) is 42.4 Å². The molecule has 2 amide bonds. The number of amides is 2. The van der Waals surface area contributed by atoms with E-state index in [-0.39, 0.29) is 29.7 Å². The van der Waals surface area contributed by atoms with Crippen LogP contribution in [0.2, 0.25) is 0 Å². The molecule has 6 heteroatoms. The molecule has 0 bridgehead atoms. The van der Waals surface area contributed by atoms with Crippen molar-refractivity contribution in [2.75, 3.05) is 4.90 Å². The van der Waals surface area contributed by atoms with Crippen molar-refractivity contribution in [2.45, 2.75) is 45.3 Å². The molecule has 2 saturated heterocycles. The molecule has 0 aliphatic carbocycles. The summed E-state index contributed by atoms with van der Waals surface area (Å²) in [4.78, 5) is 44.8. The third-order valence-corrected chi connectivity index (χ3v) is 7.74. The number of nitrogens with zero attached hydrogens (tertiary/aromatic N) is 2. The number of para-hydroxylation sites is 1. The number of benzene rings is 1. The summed E-state index contributed by atoms with van der Waals surface area (Å²) in [7, 11) is 0. The van der Waals surface area contributed by atoms with Crippen LogP contribution < -0.4 is 4.90 Å². The fourth-order valence-corrected chi connectivity index (χ4v) is 6.00. The van der Waals surface area contributed by atoms with Crippen LogP contribution in [-0.2, 0) is 9.59 Å². The molecule has 5 nitrogen and oxygen atoms in total. The van der Waals surface area contributed by atoms with Gasteiger partial charge in [-0.3, -0.25) is 19.3 Å². The highest BCUT2D eigenvalue weighted by Crippen LogP contribution is 2.50. The van der Waals surface area contributed by atoms with Gasteiger partial charge in [-0.05, 0) is 43.4 Å². The monoisotopic (exact) mass is 420 g/mol. The summed E-state index contributed by atoms with van der Waals surface area (Å²) in [5, 5.41) is 1.87. The summed E-state index contributed by atoms with van der Waals surface area (Å²) >= 11 is 1.39. The Labute approximate surface area is 180 Å². The zero-order valence-electron chi connectivity index (χ0n) is 17.2. The number of imide groups is 1. The summed E-state index contributed by atoms with van der Waals surface area (Å²) in [6.45, 7) is 5.91. The number of allylic oxidation sites excluding steroid dienone is 1. The number of carbonyl (C=O) groups is 3. The van der Waals surface area contributed by atoms with E-state index in [4.69, 9.17) is 0 Å². The highest BCUT2D eigenvalue weighted by atomic mass is 32.1. The molecule has 0 spiro atoms. The predicted octanol–water partition coefficient (Wildman–Crippen LogP) is 4.00. The van der Waals surface area contributed by atoms with Crippen molar-refractivity contribution in [3.05, 3.63) is 58.3 Å². The molecule has 0 saturated carbocycles. The molecule has 154 valence electrons. The van der Waals surface area contributed by atoms with Crippen molar-refractivity contribution in [3.63, 3.8) is 0 Å². The van der Waals surface area contributed by atoms with Gasteiger partial charge in [-0.25, -0.2) is 0 Å². The number of carbonyl (C=O) groups excluding carboxylic acids is 3. The fourth-order valence-electron chi connectivity index (χ4n) is 5.30. The normalized spacial score (nSPS) is 28.2. The van der Waals surface area contributed by atoms with E-state index in [0.717, 1.165) is 16.8 Å². The van der Waals surface area contributed by atoms with E-state index in [1.807, 2.05) is 61.4 Å². The molecule has 5 rings (SSSR count). The van der Waals surface area contributed by atoms with E-state index in [2.05, 4.69) is 6.08 Å². The van der Waals surface area contributed by atoms with Gasteiger partial charge in [0.15, 0.2) is 5.78 Å². The number of rotatable bonds is 4. The van der Waals surface area contributed by atoms with Gasteiger partial charge in [-0.1, -0.05) is 37.3 Å². The Morgan fingerprint density at radius 2 is 1.83 bits per heavy atom. The molecule has 3 aliphatic heterocycles. The van der Waals surface area contributed by atoms with E-state index in [9.17, 15) is 14.4 Å². The molecule has 2 fully saturated rings. The number of ketones is 1. The minimum Gasteiger partial charge on any atom is -0.352 e. The van der Waals surface area contributed by atoms with Crippen molar-refractivity contribution < 1.29 is 14.4 Å². The number of anilines is 1. The number of likely N-dealkylation sites (tertiary alicyclic amines) is 1. The van der Waals surface area contributed by atoms with Gasteiger partial charge in [0, 0.05) is 17.3 Å². The van der Waals surface area contributed by atoms with Crippen molar-refractivity contribution in [2.24, 2.45) is 11.8 Å². The quantitative estimate of drug-likeness (QED) is 0.554. The Kier molecular flexibility index (Phi) is 4.43. The van der Waals surface area contributed by atoms with Crippen LogP contribution in [0.4, 0.5) is 5.69 Å². The molecule has 0 unspecified atom stereocenters. The van der Waals surface area contributed by atoms with Gasteiger partial charge >= 0.3 is 0 Å². The lowest BCUT2D eigenvalue weighted by Gasteiger charge is -2.38. The lowest BCUT2D eigenvalue weighted by Crippen LogP contribution is -2.50. The predicted molar refractivity (Wildman–Crippen MR) is 117 cm³/mol. The van der Waals surface area contributed by atoms with Crippen molar-refractivity contribution in [1.29, 1.82) is 0 Å². The van der Waals surface area contributed by atoms with Gasteiger partial charge in [0.1, 0.15) is 6.04 Å². The molecule has 0 radical (unpaired) electrons. The smallest absolute Gasteiger partial charge is 0.236 e. The van der Waals surface area contributed by atoms with E-state index in [0.29, 0.717) is 11.3 Å². The van der Waals surface area contributed by atoms with Gasteiger partial charge in [0.2, 0.25) is 11.8 Å². The lowest BCUT2D eigenvalue weighted by molar-refractivity contribution is -0.142. The van der Waals surface area contributed by atoms with Crippen LogP contribution in [0, 0.1) is 11.8 Å². The number of Topliss-reactive ketones (excluding diaryl/α,β-unsaturated/α-hetero) is 1. The second-order valence-corrected chi connectivity index (χ2v) is 9.35. The van der Waals surface area contributed by atoms with Gasteiger partial charge in [0.25, 0.3) is 0 Å². The average molecular weight is 421 g/mol. The molecule has 4 heterocycles. The van der Waals surface area contributed by atoms with Crippen LogP contribution >= 0.6 is 11.3 Å². The highest BCUT2D eigenvalue weighted by Gasteiger charge is 2.64. The van der Waals surface area contributed by atoms with Crippen LogP contribution in [0.3, 0.4) is 0 Å². The SMILES string of the molecule is CC[C@H](C)N1C(=O)[C@@H]2[C@H](C1=O)[C@@H]1C=C(C)c3ccccc3N1[C@@H]2C(=O)c1cccs1. The molecular formula is C24H24N2O3S. The largest absolute Gasteiger partial charge is 0.352 e. The maximum Gasteiger partial charge on any atom is 0.236 e. The lowest BCUT2D eigenvalue weighted by atomic mass is 9.86. The molecular weight excluding hydrogens is 396 g/mol. The number of thiophene rings is 1. The first-order valence-corrected chi connectivity index (χ1v) is 11.3. The van der Waals surface area contributed by atoms with Crippen molar-refractivity contribution in [1.82, 2.24) is 4.90 Å². The van der Waals surface area contributed by atoms with Gasteiger partial charge in [0.05, 0.1) is 22.8 Å². The highest BCUT2D eigenvalue weighted by molar-refractivity contribution is 7.12. The molecule has 30 heavy (non-hydrogen) atoms. The topological polar surface area (TPSA) is 57.7 Å². The number of fused-ring (bicyclic) bond motifs is 5. The van der Waals surface area contributed by atoms with Gasteiger partial charge in [-0.2, -0.15) is 0 Å². The van der Waals surface area contributed by atoms with Crippen LogP contribution in [0.15, 0.2) is 47.9 Å². The van der Waals surface area contributed by atoms with E-state index >= 15 is 0 Å². The molecule has 3 aliphatic rings. The minimum absolute atomic E-state index is 0.0718. The summed E-state index contributed by atoms with van der Waals surface area (Å²) in [6.07, 6.45) is 2.78. The maximum atomic E-state index is 13.7. The summed E-state index contributed by atoms with van der Waals surface area (Å²) in [5.41, 5.74) is 3.07. The third-order valence-electron chi connectivity index (χ3n) is 6.85. The van der Waals surface area contributed by atoms with Crippen molar-refractivity contribution in [3.8, 4) is 0 Å². The summed E-state index contributed by atoms with van der Waals surface area (Å²) in [6, 6.07) is 10.5. The van der Waals surface area contributed by atoms with Crippen LogP contribution in [0.25, 0.3) is 5.57 Å². The van der Waals surface area contributed by atoms with E-state index in [1.165, 1.54) is 16.2 Å². The Balaban J connectivity index is 1.69. The average Bonchev–Trinajstić information content (AvgIpc) is 3.44. The number of hydrogen-bond acceptors (Lipinski definition) is 5. The Morgan fingerprint density at radius 3 is 2.53 bits per heavy atom. The minimum atomic E-state index is -0.672. The molecule has 0 N–H and O–H groups in total. The number of hydrogen-bond donors (Lipinski definition) is 0. The Morgan fingerprint density at radius 1 is 1.10 bits per heavy atom. The molecule has 1 aromatic heterocycles. The third kappa shape index (κ3) is 2.49. The van der Waals surface area contributed by atoms with E-state index in [1.54, 1.807) is 6.07 Å². The first kappa shape index (κ1) is 19.2. The first-order chi connectivity index (χ1) is 14.5. The standard InChI is InChI=1S/C24H24N2O3S/c1-4-14(3)25-23(28)19-17-12-13(2)15-8-5-6-9-16(15)26(17)21(20(19)24(25)29)22(27)18-10-7-11-30-18/h5-12,14,17,19-21H,4H2,1-3H3/t14-,17-,19+,20+,21-/m0/s1. The summed E-state index contributed by atoms with van der Waals surface area (Å²) < 4.78 is 0. The van der Waals surface area contributed by atoms with Crippen LogP contribution in [0.5, 0.6) is 0 Å². The second-order valence-electron chi connectivity index (χ2n) is 8.41. The van der Waals surface area contributed by atoms with Gasteiger partial charge in [-0.15, -0.1) is 11.3 Å². The first-order valence-electron chi connectivity index (χ1n) is 10.5. The van der Waals surface area contributed by atoms with E-state index < -0.39 is 17.9 Å². The Bertz CT molecular complexity index is 1070. The fraction of sp³-hybridized carbons (Fsp3) is 0.375. The van der Waals surface area contributed by atoms with Crippen LogP contribution in [-0.4, -0.2) is 40.6 Å². The second kappa shape index (κ2) is 6.91. The molecule has 1 aromatic carbocycles. The van der Waals surface area contributed by atoms with Crippen molar-refractivity contribution >= 4 is 40.2 Å². The zero-order chi connectivity index (χ0) is 21.2. The zero-order valence-corrected chi connectivity index (χ0v) is 18.1. The maximum absolute atomic E-state index is 13.7.